The van der Waals surface area contributed by atoms with Gasteiger partial charge in [0.05, 0.1) is 18.6 Å². The van der Waals surface area contributed by atoms with E-state index in [-0.39, 0.29) is 6.10 Å². The Morgan fingerprint density at radius 2 is 1.94 bits per heavy atom. The minimum Gasteiger partial charge on any atom is -0.376 e. The lowest BCUT2D eigenvalue weighted by Crippen LogP contribution is -1.99. The summed E-state index contributed by atoms with van der Waals surface area (Å²) < 4.78 is 5.30. The van der Waals surface area contributed by atoms with E-state index >= 15 is 0 Å². The van der Waals surface area contributed by atoms with Crippen LogP contribution in [0.3, 0.4) is 0 Å². The summed E-state index contributed by atoms with van der Waals surface area (Å²) in [7, 11) is 1.64. The van der Waals surface area contributed by atoms with Crippen LogP contribution in [0.2, 0.25) is 0 Å². The maximum Gasteiger partial charge on any atom is 0.0951 e. The molecule has 0 heterocycles. The average Bonchev–Trinajstić information content (AvgIpc) is 2.35. The fourth-order valence-electron chi connectivity index (χ4n) is 1.83. The molecule has 2 heteroatoms. The molecule has 0 saturated carbocycles. The van der Waals surface area contributed by atoms with E-state index in [1.54, 1.807) is 7.11 Å². The van der Waals surface area contributed by atoms with E-state index in [4.69, 9.17) is 10.00 Å². The Kier molecular flexibility index (Phi) is 3.19. The minimum absolute atomic E-state index is 0.130. The largest absolute Gasteiger partial charge is 0.376 e. The summed E-state index contributed by atoms with van der Waals surface area (Å²) in [5, 5.41) is 11.1. The van der Waals surface area contributed by atoms with Gasteiger partial charge in [0.2, 0.25) is 0 Å². The molecule has 80 valence electrons. The molecule has 0 amide bonds. The monoisotopic (exact) mass is 211 g/mol. The summed E-state index contributed by atoms with van der Waals surface area (Å²) in [6.07, 6.45) is 0.254. The summed E-state index contributed by atoms with van der Waals surface area (Å²) in [6.45, 7) is 0. The van der Waals surface area contributed by atoms with Crippen molar-refractivity contribution in [3.63, 3.8) is 0 Å². The Morgan fingerprint density at radius 3 is 2.62 bits per heavy atom. The molecule has 0 spiro atoms. The fourth-order valence-corrected chi connectivity index (χ4v) is 1.83. The second kappa shape index (κ2) is 4.78. The number of benzene rings is 2. The number of ether oxygens (including phenoxy) is 1. The molecule has 0 radical (unpaired) electrons. The van der Waals surface area contributed by atoms with Gasteiger partial charge in [0.25, 0.3) is 0 Å². The molecule has 2 aromatic rings. The van der Waals surface area contributed by atoms with E-state index in [9.17, 15) is 0 Å². The second-order valence-corrected chi connectivity index (χ2v) is 3.69. The maximum atomic E-state index is 8.71. The molecule has 2 rings (SSSR count). The molecule has 0 aromatic heterocycles. The Balaban J connectivity index is 2.42. The standard InChI is InChI=1S/C14H13NO/c1-16-14(8-9-15)13-7-6-11-4-2-3-5-12(11)10-13/h2-7,10,14H,8H2,1H3/t14-/m0/s1. The van der Waals surface area contributed by atoms with Gasteiger partial charge in [-0.05, 0) is 22.4 Å². The molecule has 16 heavy (non-hydrogen) atoms. The quantitative estimate of drug-likeness (QED) is 0.779. The number of nitriles is 1. The number of nitrogens with zero attached hydrogens (tertiary/aromatic N) is 1. The number of methoxy groups -OCH3 is 1. The third kappa shape index (κ3) is 2.05. The first kappa shape index (κ1) is 10.7. The highest BCUT2D eigenvalue weighted by atomic mass is 16.5. The lowest BCUT2D eigenvalue weighted by atomic mass is 10.0. The Labute approximate surface area is 95.1 Å². The van der Waals surface area contributed by atoms with Gasteiger partial charge < -0.3 is 4.74 Å². The molecule has 0 unspecified atom stereocenters. The molecule has 0 N–H and O–H groups in total. The summed E-state index contributed by atoms with van der Waals surface area (Å²) in [5.41, 5.74) is 1.06. The van der Waals surface area contributed by atoms with E-state index < -0.39 is 0 Å². The first-order valence-corrected chi connectivity index (χ1v) is 5.23. The number of fused-ring (bicyclic) bond motifs is 1. The van der Waals surface area contributed by atoms with Crippen molar-refractivity contribution in [3.8, 4) is 6.07 Å². The van der Waals surface area contributed by atoms with E-state index in [1.165, 1.54) is 10.8 Å². The van der Waals surface area contributed by atoms with Crippen molar-refractivity contribution in [2.24, 2.45) is 0 Å². The van der Waals surface area contributed by atoms with Crippen LogP contribution in [0.15, 0.2) is 42.5 Å². The zero-order valence-corrected chi connectivity index (χ0v) is 9.18. The third-order valence-electron chi connectivity index (χ3n) is 2.71. The van der Waals surface area contributed by atoms with Gasteiger partial charge in [-0.2, -0.15) is 5.26 Å². The van der Waals surface area contributed by atoms with E-state index in [0.29, 0.717) is 6.42 Å². The van der Waals surface area contributed by atoms with E-state index in [2.05, 4.69) is 30.3 Å². The normalized spacial score (nSPS) is 12.2. The number of hydrogen-bond donors (Lipinski definition) is 0. The van der Waals surface area contributed by atoms with E-state index in [1.807, 2.05) is 18.2 Å². The highest BCUT2D eigenvalue weighted by Crippen LogP contribution is 2.24. The lowest BCUT2D eigenvalue weighted by Gasteiger charge is -2.12. The van der Waals surface area contributed by atoms with Gasteiger partial charge in [0, 0.05) is 7.11 Å². The SMILES string of the molecule is CO[C@@H](CC#N)c1ccc2ccccc2c1. The molecule has 0 bridgehead atoms. The molecular formula is C14H13NO. The molecule has 2 nitrogen and oxygen atoms in total. The van der Waals surface area contributed by atoms with Crippen LogP contribution in [0.5, 0.6) is 0 Å². The van der Waals surface area contributed by atoms with Crippen molar-refractivity contribution < 1.29 is 4.74 Å². The lowest BCUT2D eigenvalue weighted by molar-refractivity contribution is 0.107. The van der Waals surface area contributed by atoms with Crippen molar-refractivity contribution in [1.29, 1.82) is 5.26 Å². The van der Waals surface area contributed by atoms with Crippen molar-refractivity contribution in [2.75, 3.05) is 7.11 Å². The van der Waals surface area contributed by atoms with Crippen molar-refractivity contribution >= 4 is 10.8 Å². The smallest absolute Gasteiger partial charge is 0.0951 e. The van der Waals surface area contributed by atoms with Gasteiger partial charge in [-0.1, -0.05) is 36.4 Å². The molecule has 2 aromatic carbocycles. The van der Waals surface area contributed by atoms with Crippen molar-refractivity contribution in [3.05, 3.63) is 48.0 Å². The van der Waals surface area contributed by atoms with Gasteiger partial charge in [-0.15, -0.1) is 0 Å². The molecule has 1 atom stereocenters. The van der Waals surface area contributed by atoms with Crippen molar-refractivity contribution in [1.82, 2.24) is 0 Å². The van der Waals surface area contributed by atoms with Gasteiger partial charge >= 0.3 is 0 Å². The highest BCUT2D eigenvalue weighted by Gasteiger charge is 2.09. The molecule has 0 aliphatic heterocycles. The van der Waals surface area contributed by atoms with Crippen LogP contribution in [-0.2, 0) is 4.74 Å². The summed E-state index contributed by atoms with van der Waals surface area (Å²) in [4.78, 5) is 0. The summed E-state index contributed by atoms with van der Waals surface area (Å²) in [5.74, 6) is 0. The van der Waals surface area contributed by atoms with Gasteiger partial charge in [-0.3, -0.25) is 0 Å². The van der Waals surface area contributed by atoms with Crippen LogP contribution < -0.4 is 0 Å². The minimum atomic E-state index is -0.130. The second-order valence-electron chi connectivity index (χ2n) is 3.69. The Hall–Kier alpha value is -1.85. The predicted octanol–water partition coefficient (Wildman–Crippen LogP) is 3.44. The van der Waals surface area contributed by atoms with Crippen molar-refractivity contribution in [2.45, 2.75) is 12.5 Å². The first-order chi connectivity index (χ1) is 7.85. The topological polar surface area (TPSA) is 33.0 Å². The van der Waals surface area contributed by atoms with E-state index in [0.717, 1.165) is 5.56 Å². The zero-order chi connectivity index (χ0) is 11.4. The predicted molar refractivity (Wildman–Crippen MR) is 63.9 cm³/mol. The maximum absolute atomic E-state index is 8.71. The van der Waals surface area contributed by atoms with Crippen LogP contribution >= 0.6 is 0 Å². The van der Waals surface area contributed by atoms with Crippen LogP contribution in [0.25, 0.3) is 10.8 Å². The van der Waals surface area contributed by atoms with Crippen LogP contribution in [0, 0.1) is 11.3 Å². The van der Waals surface area contributed by atoms with Gasteiger partial charge in [0.15, 0.2) is 0 Å². The number of hydrogen-bond acceptors (Lipinski definition) is 2. The molecular weight excluding hydrogens is 198 g/mol. The Morgan fingerprint density at radius 1 is 1.19 bits per heavy atom. The Bertz CT molecular complexity index is 527. The molecule has 0 aliphatic carbocycles. The summed E-state index contributed by atoms with van der Waals surface area (Å²) >= 11 is 0. The summed E-state index contributed by atoms with van der Waals surface area (Å²) in [6, 6.07) is 16.5. The molecule has 0 aliphatic rings. The average molecular weight is 211 g/mol. The molecule has 0 fully saturated rings. The van der Waals surface area contributed by atoms with Crippen LogP contribution in [-0.4, -0.2) is 7.11 Å². The van der Waals surface area contributed by atoms with Gasteiger partial charge in [-0.25, -0.2) is 0 Å². The van der Waals surface area contributed by atoms with Crippen LogP contribution in [0.1, 0.15) is 18.1 Å². The van der Waals surface area contributed by atoms with Gasteiger partial charge in [0.1, 0.15) is 0 Å². The van der Waals surface area contributed by atoms with Crippen LogP contribution in [0.4, 0.5) is 0 Å². The number of rotatable bonds is 3. The first-order valence-electron chi connectivity index (χ1n) is 5.23. The highest BCUT2D eigenvalue weighted by molar-refractivity contribution is 5.83. The third-order valence-corrected chi connectivity index (χ3v) is 2.71. The molecule has 0 saturated heterocycles. The zero-order valence-electron chi connectivity index (χ0n) is 9.18. The fraction of sp³-hybridized carbons (Fsp3) is 0.214.